The molecule has 2 aliphatic heterocycles. The summed E-state index contributed by atoms with van der Waals surface area (Å²) in [6.45, 7) is 5.85. The summed E-state index contributed by atoms with van der Waals surface area (Å²) in [5.41, 5.74) is 0. The Morgan fingerprint density at radius 3 is 2.75 bits per heavy atom. The average Bonchev–Trinajstić information content (AvgIpc) is 2.32. The lowest BCUT2D eigenvalue weighted by atomic mass is 10.2. The van der Waals surface area contributed by atoms with Crippen LogP contribution in [0.4, 0.5) is 0 Å². The first-order chi connectivity index (χ1) is 7.77. The molecule has 0 aromatic rings. The topological polar surface area (TPSA) is 42.0 Å². The minimum atomic E-state index is -0.235. The zero-order valence-electron chi connectivity index (χ0n) is 9.85. The number of ether oxygens (including phenoxy) is 2. The molecule has 5 nitrogen and oxygen atoms in total. The Morgan fingerprint density at radius 1 is 1.25 bits per heavy atom. The fourth-order valence-electron chi connectivity index (χ4n) is 2.09. The number of carbonyl (C=O) groups is 1. The van der Waals surface area contributed by atoms with Gasteiger partial charge < -0.3 is 14.4 Å². The molecule has 0 aromatic carbocycles. The molecule has 2 fully saturated rings. The minimum Gasteiger partial charge on any atom is -0.379 e. The summed E-state index contributed by atoms with van der Waals surface area (Å²) in [6, 6.07) is 0. The lowest BCUT2D eigenvalue weighted by molar-refractivity contribution is -0.151. The van der Waals surface area contributed by atoms with E-state index >= 15 is 0 Å². The Bertz CT molecular complexity index is 241. The van der Waals surface area contributed by atoms with Crippen molar-refractivity contribution >= 4 is 5.91 Å². The van der Waals surface area contributed by atoms with E-state index in [4.69, 9.17) is 9.47 Å². The molecule has 16 heavy (non-hydrogen) atoms. The summed E-state index contributed by atoms with van der Waals surface area (Å²) in [5.74, 6) is 0.125. The number of morpholine rings is 2. The molecule has 1 unspecified atom stereocenters. The van der Waals surface area contributed by atoms with Crippen LogP contribution in [0.3, 0.4) is 0 Å². The predicted octanol–water partition coefficient (Wildman–Crippen LogP) is -0.434. The summed E-state index contributed by atoms with van der Waals surface area (Å²) in [4.78, 5) is 15.8. The number of hydrogen-bond acceptors (Lipinski definition) is 4. The van der Waals surface area contributed by atoms with Crippen molar-refractivity contribution in [2.75, 3.05) is 53.0 Å². The number of hydrogen-bond donors (Lipinski definition) is 0. The van der Waals surface area contributed by atoms with Crippen molar-refractivity contribution in [1.29, 1.82) is 0 Å². The molecule has 1 atom stereocenters. The van der Waals surface area contributed by atoms with Gasteiger partial charge in [-0.15, -0.1) is 0 Å². The molecule has 5 heteroatoms. The monoisotopic (exact) mass is 228 g/mol. The van der Waals surface area contributed by atoms with Crippen molar-refractivity contribution < 1.29 is 14.3 Å². The Morgan fingerprint density at radius 2 is 2.00 bits per heavy atom. The second-order valence-electron chi connectivity index (χ2n) is 4.36. The highest BCUT2D eigenvalue weighted by Crippen LogP contribution is 2.10. The van der Waals surface area contributed by atoms with Gasteiger partial charge in [0.25, 0.3) is 5.91 Å². The number of nitrogens with zero attached hydrogens (tertiary/aromatic N) is 2. The summed E-state index contributed by atoms with van der Waals surface area (Å²) >= 11 is 0. The standard InChI is InChI=1S/C11H20N2O3/c1-12-4-9-16-10(11(12)14)2-3-13-5-7-15-8-6-13/h10H,2-9H2,1H3. The molecular weight excluding hydrogens is 208 g/mol. The molecule has 92 valence electrons. The Kier molecular flexibility index (Phi) is 4.15. The molecule has 0 N–H and O–H groups in total. The third kappa shape index (κ3) is 2.93. The first-order valence-electron chi connectivity index (χ1n) is 5.94. The van der Waals surface area contributed by atoms with Crippen LogP contribution in [0.2, 0.25) is 0 Å². The van der Waals surface area contributed by atoms with E-state index in [0.717, 1.165) is 39.3 Å². The van der Waals surface area contributed by atoms with Crippen LogP contribution < -0.4 is 0 Å². The van der Waals surface area contributed by atoms with Crippen molar-refractivity contribution in [2.45, 2.75) is 12.5 Å². The first kappa shape index (κ1) is 11.8. The van der Waals surface area contributed by atoms with Gasteiger partial charge in [-0.2, -0.15) is 0 Å². The molecule has 2 rings (SSSR count). The van der Waals surface area contributed by atoms with Gasteiger partial charge in [0.05, 0.1) is 19.8 Å². The molecule has 1 amide bonds. The largest absolute Gasteiger partial charge is 0.379 e. The van der Waals surface area contributed by atoms with Crippen LogP contribution in [0.25, 0.3) is 0 Å². The smallest absolute Gasteiger partial charge is 0.251 e. The molecule has 0 bridgehead atoms. The van der Waals surface area contributed by atoms with E-state index in [-0.39, 0.29) is 12.0 Å². The van der Waals surface area contributed by atoms with E-state index in [0.29, 0.717) is 13.2 Å². The Balaban J connectivity index is 1.73. The van der Waals surface area contributed by atoms with E-state index < -0.39 is 0 Å². The third-order valence-electron chi connectivity index (χ3n) is 3.21. The maximum absolute atomic E-state index is 11.8. The van der Waals surface area contributed by atoms with Gasteiger partial charge in [-0.1, -0.05) is 0 Å². The van der Waals surface area contributed by atoms with E-state index in [1.165, 1.54) is 0 Å². The fourth-order valence-corrected chi connectivity index (χ4v) is 2.09. The van der Waals surface area contributed by atoms with Gasteiger partial charge in [-0.05, 0) is 6.42 Å². The number of carbonyl (C=O) groups excluding carboxylic acids is 1. The van der Waals surface area contributed by atoms with Gasteiger partial charge in [-0.25, -0.2) is 0 Å². The van der Waals surface area contributed by atoms with Gasteiger partial charge in [-0.3, -0.25) is 9.69 Å². The maximum atomic E-state index is 11.8. The highest BCUT2D eigenvalue weighted by atomic mass is 16.5. The van der Waals surface area contributed by atoms with Gasteiger partial charge in [0.15, 0.2) is 0 Å². The Hall–Kier alpha value is -0.650. The summed E-state index contributed by atoms with van der Waals surface area (Å²) in [7, 11) is 1.84. The van der Waals surface area contributed by atoms with Gasteiger partial charge in [0, 0.05) is 33.2 Å². The van der Waals surface area contributed by atoms with Crippen LogP contribution in [0, 0.1) is 0 Å². The SMILES string of the molecule is CN1CCOC(CCN2CCOCC2)C1=O. The first-order valence-corrected chi connectivity index (χ1v) is 5.94. The van der Waals surface area contributed by atoms with Gasteiger partial charge in [0.2, 0.25) is 0 Å². The highest BCUT2D eigenvalue weighted by Gasteiger charge is 2.27. The second kappa shape index (κ2) is 5.61. The molecule has 0 aromatic heterocycles. The molecule has 0 radical (unpaired) electrons. The van der Waals surface area contributed by atoms with Crippen LogP contribution in [0.5, 0.6) is 0 Å². The molecule has 2 heterocycles. The van der Waals surface area contributed by atoms with E-state index in [2.05, 4.69) is 4.90 Å². The van der Waals surface area contributed by atoms with Crippen molar-refractivity contribution in [3.8, 4) is 0 Å². The predicted molar refractivity (Wildman–Crippen MR) is 59.3 cm³/mol. The summed E-state index contributed by atoms with van der Waals surface area (Å²) in [6.07, 6.45) is 0.560. The summed E-state index contributed by atoms with van der Waals surface area (Å²) in [5, 5.41) is 0. The quantitative estimate of drug-likeness (QED) is 0.657. The van der Waals surface area contributed by atoms with E-state index in [1.54, 1.807) is 4.90 Å². The third-order valence-corrected chi connectivity index (χ3v) is 3.21. The van der Waals surface area contributed by atoms with Gasteiger partial charge >= 0.3 is 0 Å². The normalized spacial score (nSPS) is 28.4. The van der Waals surface area contributed by atoms with E-state index in [1.807, 2.05) is 7.05 Å². The number of rotatable bonds is 3. The molecule has 0 aliphatic carbocycles. The van der Waals surface area contributed by atoms with Crippen LogP contribution in [0.1, 0.15) is 6.42 Å². The lowest BCUT2D eigenvalue weighted by Crippen LogP contribution is -2.47. The van der Waals surface area contributed by atoms with Crippen LogP contribution >= 0.6 is 0 Å². The average molecular weight is 228 g/mol. The minimum absolute atomic E-state index is 0.125. The number of likely N-dealkylation sites (N-methyl/N-ethyl adjacent to an activating group) is 1. The van der Waals surface area contributed by atoms with E-state index in [9.17, 15) is 4.79 Å². The lowest BCUT2D eigenvalue weighted by Gasteiger charge is -2.32. The zero-order valence-corrected chi connectivity index (χ0v) is 9.85. The molecule has 0 spiro atoms. The maximum Gasteiger partial charge on any atom is 0.251 e. The van der Waals surface area contributed by atoms with Crippen molar-refractivity contribution in [1.82, 2.24) is 9.80 Å². The Labute approximate surface area is 96.3 Å². The molecule has 2 aliphatic rings. The number of amides is 1. The molecule has 2 saturated heterocycles. The van der Waals surface area contributed by atoms with Crippen molar-refractivity contribution in [3.05, 3.63) is 0 Å². The van der Waals surface area contributed by atoms with Crippen LogP contribution in [0.15, 0.2) is 0 Å². The van der Waals surface area contributed by atoms with Crippen LogP contribution in [-0.2, 0) is 14.3 Å². The fraction of sp³-hybridized carbons (Fsp3) is 0.909. The van der Waals surface area contributed by atoms with Crippen LogP contribution in [-0.4, -0.2) is 74.9 Å². The zero-order chi connectivity index (χ0) is 11.4. The second-order valence-corrected chi connectivity index (χ2v) is 4.36. The molecular formula is C11H20N2O3. The van der Waals surface area contributed by atoms with Crippen molar-refractivity contribution in [3.63, 3.8) is 0 Å². The van der Waals surface area contributed by atoms with Crippen molar-refractivity contribution in [2.24, 2.45) is 0 Å². The highest BCUT2D eigenvalue weighted by molar-refractivity contribution is 5.81. The summed E-state index contributed by atoms with van der Waals surface area (Å²) < 4.78 is 10.8. The molecule has 0 saturated carbocycles. The van der Waals surface area contributed by atoms with Gasteiger partial charge in [0.1, 0.15) is 6.10 Å².